The number of aryl methyl sites for hydroxylation is 2. The van der Waals surface area contributed by atoms with Crippen LogP contribution >= 0.6 is 0 Å². The van der Waals surface area contributed by atoms with Crippen LogP contribution in [0.15, 0.2) is 27.6 Å². The Hall–Kier alpha value is -2.63. The van der Waals surface area contributed by atoms with E-state index in [0.29, 0.717) is 11.0 Å². The molecule has 0 saturated carbocycles. The van der Waals surface area contributed by atoms with E-state index < -0.39 is 17.3 Å². The number of methoxy groups -OCH3 is 1. The second-order valence-corrected chi connectivity index (χ2v) is 4.38. The van der Waals surface area contributed by atoms with Gasteiger partial charge < -0.3 is 14.5 Å². The van der Waals surface area contributed by atoms with Crippen LogP contribution < -0.4 is 10.7 Å². The maximum atomic E-state index is 12.3. The molecular weight excluding hydrogens is 262 g/mol. The van der Waals surface area contributed by atoms with Gasteiger partial charge >= 0.3 is 11.9 Å². The quantitative estimate of drug-likeness (QED) is 0.630. The Morgan fingerprint density at radius 1 is 1.25 bits per heavy atom. The molecule has 1 amide bonds. The average molecular weight is 275 g/mol. The zero-order valence-corrected chi connectivity index (χ0v) is 11.3. The minimum absolute atomic E-state index is 0.0974. The molecule has 0 spiro atoms. The first-order chi connectivity index (χ1) is 9.43. The summed E-state index contributed by atoms with van der Waals surface area (Å²) in [5, 5.41) is 2.55. The number of carbonyl (C=O) groups excluding carboxylic acids is 2. The smallest absolute Gasteiger partial charge is 0.396 e. The Morgan fingerprint density at radius 2 is 1.95 bits per heavy atom. The predicted octanol–water partition coefficient (Wildman–Crippen LogP) is 1.52. The number of fused-ring (bicyclic) bond motifs is 1. The number of amides is 1. The van der Waals surface area contributed by atoms with Gasteiger partial charge in [-0.2, -0.15) is 0 Å². The molecule has 1 aromatic heterocycles. The maximum absolute atomic E-state index is 12.3. The number of carbonyl (C=O) groups is 2. The number of anilines is 1. The Bertz CT molecular complexity index is 760. The molecule has 0 bridgehead atoms. The molecule has 20 heavy (non-hydrogen) atoms. The molecule has 0 fully saturated rings. The van der Waals surface area contributed by atoms with Gasteiger partial charge in [-0.15, -0.1) is 0 Å². The fourth-order valence-corrected chi connectivity index (χ4v) is 1.98. The van der Waals surface area contributed by atoms with Crippen LogP contribution in [0, 0.1) is 13.8 Å². The number of nitrogens with one attached hydrogen (secondary N) is 1. The van der Waals surface area contributed by atoms with Crippen molar-refractivity contribution in [2.24, 2.45) is 0 Å². The summed E-state index contributed by atoms with van der Waals surface area (Å²) in [6, 6.07) is 3.57. The fraction of sp³-hybridized carbons (Fsp3) is 0.214. The van der Waals surface area contributed by atoms with Crippen LogP contribution in [0.5, 0.6) is 0 Å². The first-order valence-corrected chi connectivity index (χ1v) is 5.86. The van der Waals surface area contributed by atoms with Crippen LogP contribution in [-0.4, -0.2) is 19.0 Å². The van der Waals surface area contributed by atoms with Crippen molar-refractivity contribution in [3.8, 4) is 0 Å². The summed E-state index contributed by atoms with van der Waals surface area (Å²) in [6.07, 6.45) is 1.12. The van der Waals surface area contributed by atoms with Gasteiger partial charge in [0.15, 0.2) is 0 Å². The molecule has 0 radical (unpaired) electrons. The van der Waals surface area contributed by atoms with Crippen molar-refractivity contribution in [2.45, 2.75) is 13.8 Å². The van der Waals surface area contributed by atoms with Gasteiger partial charge in [-0.05, 0) is 31.0 Å². The van der Waals surface area contributed by atoms with Crippen molar-refractivity contribution in [2.75, 3.05) is 12.4 Å². The first-order valence-electron chi connectivity index (χ1n) is 5.86. The molecule has 104 valence electrons. The molecule has 1 N–H and O–H groups in total. The van der Waals surface area contributed by atoms with Crippen molar-refractivity contribution in [3.05, 3.63) is 39.7 Å². The lowest BCUT2D eigenvalue weighted by Crippen LogP contribution is -2.26. The van der Waals surface area contributed by atoms with Crippen LogP contribution in [0.4, 0.5) is 5.69 Å². The minimum atomic E-state index is -1.08. The summed E-state index contributed by atoms with van der Waals surface area (Å²) in [4.78, 5) is 34.7. The SMILES string of the molecule is COC(=O)C(=O)Nc1coc2cc(C)cc(C)c2c1=O. The Labute approximate surface area is 114 Å². The van der Waals surface area contributed by atoms with Crippen LogP contribution in [0.1, 0.15) is 11.1 Å². The monoisotopic (exact) mass is 275 g/mol. The van der Waals surface area contributed by atoms with Crippen LogP contribution in [0.25, 0.3) is 11.0 Å². The Morgan fingerprint density at radius 3 is 2.60 bits per heavy atom. The maximum Gasteiger partial charge on any atom is 0.396 e. The molecule has 0 saturated heterocycles. The standard InChI is InChI=1S/C14H13NO5/c1-7-4-8(2)11-10(5-7)20-6-9(12(11)16)15-13(17)14(18)19-3/h4-6H,1-3H3,(H,15,17). The molecule has 0 aliphatic carbocycles. The average Bonchev–Trinajstić information content (AvgIpc) is 2.40. The van der Waals surface area contributed by atoms with Gasteiger partial charge in [-0.3, -0.25) is 9.59 Å². The van der Waals surface area contributed by atoms with E-state index in [1.54, 1.807) is 13.0 Å². The second kappa shape index (κ2) is 5.16. The zero-order valence-electron chi connectivity index (χ0n) is 11.3. The molecule has 0 aliphatic rings. The van der Waals surface area contributed by atoms with E-state index in [1.807, 2.05) is 13.0 Å². The van der Waals surface area contributed by atoms with Gasteiger partial charge in [0.2, 0.25) is 5.43 Å². The highest BCUT2D eigenvalue weighted by Gasteiger charge is 2.17. The topological polar surface area (TPSA) is 85.6 Å². The molecule has 2 aromatic rings. The Balaban J connectivity index is 2.53. The minimum Gasteiger partial charge on any atom is -0.462 e. The van der Waals surface area contributed by atoms with E-state index in [2.05, 4.69) is 10.1 Å². The molecule has 0 aliphatic heterocycles. The lowest BCUT2D eigenvalue weighted by atomic mass is 10.1. The van der Waals surface area contributed by atoms with Gasteiger partial charge in [0, 0.05) is 0 Å². The highest BCUT2D eigenvalue weighted by atomic mass is 16.5. The summed E-state index contributed by atoms with van der Waals surface area (Å²) in [5.74, 6) is -2.10. The summed E-state index contributed by atoms with van der Waals surface area (Å²) in [5.41, 5.74) is 1.64. The molecule has 6 nitrogen and oxygen atoms in total. The van der Waals surface area contributed by atoms with Crippen molar-refractivity contribution in [1.82, 2.24) is 0 Å². The van der Waals surface area contributed by atoms with Gasteiger partial charge in [0.25, 0.3) is 0 Å². The van der Waals surface area contributed by atoms with E-state index in [4.69, 9.17) is 4.42 Å². The normalized spacial score (nSPS) is 10.3. The van der Waals surface area contributed by atoms with E-state index in [1.165, 1.54) is 0 Å². The van der Waals surface area contributed by atoms with Gasteiger partial charge in [-0.25, -0.2) is 4.79 Å². The summed E-state index contributed by atoms with van der Waals surface area (Å²) >= 11 is 0. The molecule has 2 rings (SSSR count). The largest absolute Gasteiger partial charge is 0.462 e. The van der Waals surface area contributed by atoms with E-state index >= 15 is 0 Å². The summed E-state index contributed by atoms with van der Waals surface area (Å²) < 4.78 is 9.60. The molecular formula is C14H13NO5. The van der Waals surface area contributed by atoms with Crippen molar-refractivity contribution < 1.29 is 18.7 Å². The summed E-state index contributed by atoms with van der Waals surface area (Å²) in [7, 11) is 1.08. The molecule has 0 unspecified atom stereocenters. The zero-order chi connectivity index (χ0) is 14.9. The molecule has 6 heteroatoms. The number of ether oxygens (including phenoxy) is 1. The van der Waals surface area contributed by atoms with Crippen LogP contribution in [0.2, 0.25) is 0 Å². The third-order valence-corrected chi connectivity index (χ3v) is 2.84. The molecule has 0 atom stereocenters. The van der Waals surface area contributed by atoms with Crippen molar-refractivity contribution in [1.29, 1.82) is 0 Å². The fourth-order valence-electron chi connectivity index (χ4n) is 1.98. The number of benzene rings is 1. The van der Waals surface area contributed by atoms with Gasteiger partial charge in [-0.1, -0.05) is 6.07 Å². The number of hydrogen-bond donors (Lipinski definition) is 1. The highest BCUT2D eigenvalue weighted by Crippen LogP contribution is 2.19. The number of hydrogen-bond acceptors (Lipinski definition) is 5. The third-order valence-electron chi connectivity index (χ3n) is 2.84. The van der Waals surface area contributed by atoms with Crippen LogP contribution in [-0.2, 0) is 14.3 Å². The molecule has 1 aromatic carbocycles. The van der Waals surface area contributed by atoms with E-state index in [0.717, 1.165) is 24.5 Å². The van der Waals surface area contributed by atoms with E-state index in [9.17, 15) is 14.4 Å². The molecule has 1 heterocycles. The Kier molecular flexibility index (Phi) is 3.56. The first kappa shape index (κ1) is 13.8. The van der Waals surface area contributed by atoms with Crippen LogP contribution in [0.3, 0.4) is 0 Å². The van der Waals surface area contributed by atoms with Crippen molar-refractivity contribution in [3.63, 3.8) is 0 Å². The number of rotatable bonds is 1. The lowest BCUT2D eigenvalue weighted by Gasteiger charge is -2.06. The third kappa shape index (κ3) is 2.40. The van der Waals surface area contributed by atoms with Gasteiger partial charge in [0.1, 0.15) is 17.5 Å². The van der Waals surface area contributed by atoms with E-state index in [-0.39, 0.29) is 5.69 Å². The number of esters is 1. The highest BCUT2D eigenvalue weighted by molar-refractivity contribution is 6.37. The van der Waals surface area contributed by atoms with Gasteiger partial charge in [0.05, 0.1) is 12.5 Å². The second-order valence-electron chi connectivity index (χ2n) is 4.38. The van der Waals surface area contributed by atoms with Crippen molar-refractivity contribution >= 4 is 28.5 Å². The summed E-state index contributed by atoms with van der Waals surface area (Å²) in [6.45, 7) is 3.66. The predicted molar refractivity (Wildman–Crippen MR) is 72.6 cm³/mol. The lowest BCUT2D eigenvalue weighted by molar-refractivity contribution is -0.150.